The smallest absolute Gasteiger partial charge is 0.320 e. The lowest BCUT2D eigenvalue weighted by Gasteiger charge is -2.38. The van der Waals surface area contributed by atoms with E-state index < -0.39 is 17.4 Å². The van der Waals surface area contributed by atoms with Crippen molar-refractivity contribution in [3.8, 4) is 0 Å². The monoisotopic (exact) mass is 287 g/mol. The second-order valence-electron chi connectivity index (χ2n) is 6.46. The summed E-state index contributed by atoms with van der Waals surface area (Å²) in [6, 6.07) is 9.41. The van der Waals surface area contributed by atoms with E-state index in [-0.39, 0.29) is 11.8 Å². The van der Waals surface area contributed by atoms with Gasteiger partial charge in [0.15, 0.2) is 0 Å². The largest absolute Gasteiger partial charge is 0.480 e. The molecule has 2 fully saturated rings. The molecule has 1 N–H and O–H groups in total. The van der Waals surface area contributed by atoms with Crippen LogP contribution in [0.1, 0.15) is 38.2 Å². The molecule has 1 aromatic rings. The van der Waals surface area contributed by atoms with Gasteiger partial charge in [-0.3, -0.25) is 14.5 Å². The fraction of sp³-hybridized carbons (Fsp3) is 0.529. The second kappa shape index (κ2) is 5.26. The maximum Gasteiger partial charge on any atom is 0.320 e. The lowest BCUT2D eigenvalue weighted by molar-refractivity contribution is -0.143. The molecule has 1 saturated carbocycles. The lowest BCUT2D eigenvalue weighted by atomic mass is 9.70. The average Bonchev–Trinajstić information content (AvgIpc) is 2.76. The number of carboxylic acids is 1. The Bertz CT molecular complexity index is 556. The molecule has 0 aromatic heterocycles. The summed E-state index contributed by atoms with van der Waals surface area (Å²) < 4.78 is 0. The molecular formula is C17H21NO3. The van der Waals surface area contributed by atoms with Crippen LogP contribution in [0.2, 0.25) is 0 Å². The molecule has 3 rings (SSSR count). The van der Waals surface area contributed by atoms with E-state index in [2.05, 4.69) is 0 Å². The third kappa shape index (κ3) is 2.38. The van der Waals surface area contributed by atoms with Gasteiger partial charge in [-0.15, -0.1) is 0 Å². The summed E-state index contributed by atoms with van der Waals surface area (Å²) in [4.78, 5) is 26.0. The Balaban J connectivity index is 1.92. The number of rotatable bonds is 3. The van der Waals surface area contributed by atoms with Crippen LogP contribution in [0, 0.1) is 5.41 Å². The lowest BCUT2D eigenvalue weighted by Crippen LogP contribution is -2.46. The van der Waals surface area contributed by atoms with Crippen LogP contribution in [-0.4, -0.2) is 33.8 Å². The number of likely N-dealkylation sites (tertiary alicyclic amines) is 1. The van der Waals surface area contributed by atoms with Crippen LogP contribution in [0.15, 0.2) is 30.3 Å². The van der Waals surface area contributed by atoms with Crippen molar-refractivity contribution in [2.45, 2.75) is 51.2 Å². The van der Waals surface area contributed by atoms with E-state index in [0.717, 1.165) is 18.4 Å². The van der Waals surface area contributed by atoms with Gasteiger partial charge in [0.25, 0.3) is 0 Å². The molecule has 21 heavy (non-hydrogen) atoms. The summed E-state index contributed by atoms with van der Waals surface area (Å²) in [5.74, 6) is -0.574. The molecule has 1 aliphatic carbocycles. The molecule has 0 bridgehead atoms. The Morgan fingerprint density at radius 1 is 1.38 bits per heavy atom. The van der Waals surface area contributed by atoms with E-state index in [1.54, 1.807) is 0 Å². The summed E-state index contributed by atoms with van der Waals surface area (Å²) in [5.41, 5.74) is 0.613. The first-order valence-electron chi connectivity index (χ1n) is 7.58. The molecule has 0 unspecified atom stereocenters. The Morgan fingerprint density at radius 2 is 2.10 bits per heavy atom. The number of aliphatic carboxylic acids is 1. The third-order valence-corrected chi connectivity index (χ3v) is 5.16. The number of benzene rings is 1. The fourth-order valence-corrected chi connectivity index (χ4v) is 4.01. The number of hydrogen-bond acceptors (Lipinski definition) is 3. The highest BCUT2D eigenvalue weighted by molar-refractivity contribution is 5.88. The zero-order valence-corrected chi connectivity index (χ0v) is 12.3. The van der Waals surface area contributed by atoms with E-state index in [4.69, 9.17) is 0 Å². The molecule has 4 nitrogen and oxygen atoms in total. The summed E-state index contributed by atoms with van der Waals surface area (Å²) in [5, 5.41) is 9.56. The molecule has 4 heteroatoms. The summed E-state index contributed by atoms with van der Waals surface area (Å²) >= 11 is 0. The molecular weight excluding hydrogens is 266 g/mol. The molecule has 1 saturated heterocycles. The SMILES string of the molecule is C[C@@]12C[C@H](C(=O)O)N(Cc3ccccc3)[C@@H]1CCCC2=O. The first-order valence-corrected chi connectivity index (χ1v) is 7.58. The number of carbonyl (C=O) groups is 2. The standard InChI is InChI=1S/C17H21NO3/c1-17-10-13(16(20)21)18(11-12-6-3-2-4-7-12)14(17)8-5-9-15(17)19/h2-4,6-7,13-14H,5,8-11H2,1H3,(H,20,21)/t13-,14-,17-/m1/s1. The van der Waals surface area contributed by atoms with Crippen molar-refractivity contribution in [1.82, 2.24) is 4.90 Å². The number of carboxylic acid groups (broad SMARTS) is 1. The van der Waals surface area contributed by atoms with Crippen LogP contribution in [-0.2, 0) is 16.1 Å². The maximum atomic E-state index is 12.3. The van der Waals surface area contributed by atoms with E-state index in [1.807, 2.05) is 42.2 Å². The normalized spacial score (nSPS) is 32.9. The van der Waals surface area contributed by atoms with Gasteiger partial charge in [-0.25, -0.2) is 0 Å². The first-order chi connectivity index (χ1) is 10.0. The zero-order valence-electron chi connectivity index (χ0n) is 12.3. The van der Waals surface area contributed by atoms with Crippen LogP contribution in [0.25, 0.3) is 0 Å². The van der Waals surface area contributed by atoms with Crippen molar-refractivity contribution in [2.75, 3.05) is 0 Å². The van der Waals surface area contributed by atoms with Crippen LogP contribution < -0.4 is 0 Å². The number of nitrogens with zero attached hydrogens (tertiary/aromatic N) is 1. The van der Waals surface area contributed by atoms with E-state index >= 15 is 0 Å². The van der Waals surface area contributed by atoms with Crippen molar-refractivity contribution in [2.24, 2.45) is 5.41 Å². The molecule has 0 spiro atoms. The molecule has 0 radical (unpaired) electrons. The van der Waals surface area contributed by atoms with Crippen LogP contribution in [0.5, 0.6) is 0 Å². The zero-order chi connectivity index (χ0) is 15.0. The molecule has 1 heterocycles. The van der Waals surface area contributed by atoms with Crippen molar-refractivity contribution in [1.29, 1.82) is 0 Å². The molecule has 2 aliphatic rings. The highest BCUT2D eigenvalue weighted by Gasteiger charge is 2.56. The average molecular weight is 287 g/mol. The number of Topliss-reactive ketones (excluding diaryl/α,β-unsaturated/α-hetero) is 1. The number of hydrogen-bond donors (Lipinski definition) is 1. The van der Waals surface area contributed by atoms with E-state index in [0.29, 0.717) is 19.4 Å². The van der Waals surface area contributed by atoms with Gasteiger partial charge in [-0.05, 0) is 24.8 Å². The number of carbonyl (C=O) groups excluding carboxylic acids is 1. The molecule has 3 atom stereocenters. The highest BCUT2D eigenvalue weighted by atomic mass is 16.4. The van der Waals surface area contributed by atoms with Gasteiger partial charge < -0.3 is 5.11 Å². The van der Waals surface area contributed by atoms with Gasteiger partial charge in [0.2, 0.25) is 0 Å². The third-order valence-electron chi connectivity index (χ3n) is 5.16. The minimum atomic E-state index is -0.811. The van der Waals surface area contributed by atoms with Gasteiger partial charge in [0, 0.05) is 24.4 Å². The predicted octanol–water partition coefficient (Wildman–Crippen LogP) is 2.47. The maximum absolute atomic E-state index is 12.3. The minimum absolute atomic E-state index is 0.0556. The summed E-state index contributed by atoms with van der Waals surface area (Å²) in [6.07, 6.45) is 2.83. The Hall–Kier alpha value is -1.68. The Morgan fingerprint density at radius 3 is 2.76 bits per heavy atom. The van der Waals surface area contributed by atoms with Gasteiger partial charge >= 0.3 is 5.97 Å². The van der Waals surface area contributed by atoms with Gasteiger partial charge in [-0.1, -0.05) is 37.3 Å². The van der Waals surface area contributed by atoms with E-state index in [1.165, 1.54) is 0 Å². The number of ketones is 1. The molecule has 112 valence electrons. The predicted molar refractivity (Wildman–Crippen MR) is 78.8 cm³/mol. The molecule has 1 aromatic carbocycles. The van der Waals surface area contributed by atoms with Crippen LogP contribution in [0.4, 0.5) is 0 Å². The van der Waals surface area contributed by atoms with Crippen LogP contribution in [0.3, 0.4) is 0 Å². The topological polar surface area (TPSA) is 57.6 Å². The van der Waals surface area contributed by atoms with Gasteiger partial charge in [-0.2, -0.15) is 0 Å². The molecule has 1 aliphatic heterocycles. The van der Waals surface area contributed by atoms with Crippen LogP contribution >= 0.6 is 0 Å². The van der Waals surface area contributed by atoms with Crippen molar-refractivity contribution in [3.05, 3.63) is 35.9 Å². The quantitative estimate of drug-likeness (QED) is 0.928. The Labute approximate surface area is 124 Å². The van der Waals surface area contributed by atoms with Crippen molar-refractivity contribution in [3.63, 3.8) is 0 Å². The Kier molecular flexibility index (Phi) is 3.57. The van der Waals surface area contributed by atoms with Gasteiger partial charge in [0.1, 0.15) is 11.8 Å². The second-order valence-corrected chi connectivity index (χ2v) is 6.46. The number of fused-ring (bicyclic) bond motifs is 1. The van der Waals surface area contributed by atoms with Crippen molar-refractivity contribution >= 4 is 11.8 Å². The first kappa shape index (κ1) is 14.3. The highest BCUT2D eigenvalue weighted by Crippen LogP contribution is 2.47. The summed E-state index contributed by atoms with van der Waals surface area (Å²) in [6.45, 7) is 2.56. The van der Waals surface area contributed by atoms with Crippen molar-refractivity contribution < 1.29 is 14.7 Å². The minimum Gasteiger partial charge on any atom is -0.480 e. The fourth-order valence-electron chi connectivity index (χ4n) is 4.01. The summed E-state index contributed by atoms with van der Waals surface area (Å²) in [7, 11) is 0. The van der Waals surface area contributed by atoms with E-state index in [9.17, 15) is 14.7 Å². The molecule has 0 amide bonds. The van der Waals surface area contributed by atoms with Gasteiger partial charge in [0.05, 0.1) is 0 Å².